The number of nitrogens with zero attached hydrogens (tertiary/aromatic N) is 3. The van der Waals surface area contributed by atoms with Gasteiger partial charge < -0.3 is 21.1 Å². The maximum absolute atomic E-state index is 15.2. The van der Waals surface area contributed by atoms with Crippen LogP contribution in [0.3, 0.4) is 0 Å². The predicted octanol–water partition coefficient (Wildman–Crippen LogP) is 3.85. The van der Waals surface area contributed by atoms with Crippen LogP contribution in [0.1, 0.15) is 55.8 Å². The van der Waals surface area contributed by atoms with E-state index in [9.17, 15) is 13.2 Å². The van der Waals surface area contributed by atoms with Crippen molar-refractivity contribution in [3.63, 3.8) is 0 Å². The van der Waals surface area contributed by atoms with Crippen LogP contribution in [0.5, 0.6) is 5.88 Å². The minimum absolute atomic E-state index is 0.0873. The largest absolute Gasteiger partial charge is 0.474 e. The number of anilines is 1. The van der Waals surface area contributed by atoms with E-state index in [0.717, 1.165) is 6.42 Å². The molecule has 1 amide bonds. The maximum Gasteiger partial charge on any atom is 0.242 e. The van der Waals surface area contributed by atoms with Gasteiger partial charge in [0.25, 0.3) is 0 Å². The molecule has 4 N–H and O–H groups in total. The number of hydrogen-bond donors (Lipinski definition) is 3. The summed E-state index contributed by atoms with van der Waals surface area (Å²) in [5.74, 6) is -1.26. The molecular formula is C31H38ClFN6O4S. The number of nitrogens with two attached hydrogens (primary N) is 1. The van der Waals surface area contributed by atoms with Crippen LogP contribution in [0.15, 0.2) is 54.9 Å². The Morgan fingerprint density at radius 1 is 1.20 bits per heavy atom. The Balaban J connectivity index is 1.36. The van der Waals surface area contributed by atoms with Crippen LogP contribution in [0, 0.1) is 5.82 Å². The fourth-order valence-electron chi connectivity index (χ4n) is 5.87. The molecule has 2 fully saturated rings. The summed E-state index contributed by atoms with van der Waals surface area (Å²) >= 11 is 6.12. The number of fused-ring (bicyclic) bond motifs is 2. The molecule has 10 nitrogen and oxygen atoms in total. The van der Waals surface area contributed by atoms with Gasteiger partial charge in [0.05, 0.1) is 41.9 Å². The molecule has 0 spiro atoms. The number of halogens is 2. The fraction of sp³-hybridized carbons (Fsp3) is 0.452. The van der Waals surface area contributed by atoms with Crippen molar-refractivity contribution in [1.82, 2.24) is 19.6 Å². The van der Waals surface area contributed by atoms with Crippen LogP contribution in [0.25, 0.3) is 0 Å². The molecule has 2 aliphatic heterocycles. The number of amides is 1. The van der Waals surface area contributed by atoms with E-state index < -0.39 is 33.7 Å². The lowest BCUT2D eigenvalue weighted by molar-refractivity contribution is -0.117. The Morgan fingerprint density at radius 3 is 2.68 bits per heavy atom. The highest BCUT2D eigenvalue weighted by molar-refractivity contribution is 7.89. The van der Waals surface area contributed by atoms with Crippen LogP contribution in [0.2, 0.25) is 5.02 Å². The van der Waals surface area contributed by atoms with Gasteiger partial charge in [-0.05, 0) is 69.4 Å². The van der Waals surface area contributed by atoms with Gasteiger partial charge in [-0.2, -0.15) is 4.31 Å². The molecular weight excluding hydrogens is 607 g/mol. The van der Waals surface area contributed by atoms with Gasteiger partial charge in [-0.1, -0.05) is 29.8 Å². The summed E-state index contributed by atoms with van der Waals surface area (Å²) in [7, 11) is -3.38. The van der Waals surface area contributed by atoms with Crippen molar-refractivity contribution in [3.8, 4) is 5.88 Å². The lowest BCUT2D eigenvalue weighted by atomic mass is 9.88. The Kier molecular flexibility index (Phi) is 10.2. The summed E-state index contributed by atoms with van der Waals surface area (Å²) in [6.45, 7) is 4.67. The molecule has 13 heteroatoms. The second-order valence-corrected chi connectivity index (χ2v) is 14.1. The van der Waals surface area contributed by atoms with Crippen LogP contribution in [-0.4, -0.2) is 71.7 Å². The highest BCUT2D eigenvalue weighted by atomic mass is 35.5. The zero-order valence-electron chi connectivity index (χ0n) is 24.7. The van der Waals surface area contributed by atoms with E-state index in [4.69, 9.17) is 22.1 Å². The van der Waals surface area contributed by atoms with Gasteiger partial charge in [0.2, 0.25) is 21.8 Å². The van der Waals surface area contributed by atoms with Crippen LogP contribution < -0.4 is 21.1 Å². The van der Waals surface area contributed by atoms with Gasteiger partial charge in [-0.3, -0.25) is 9.78 Å². The lowest BCUT2D eigenvalue weighted by Crippen LogP contribution is -2.57. The van der Waals surface area contributed by atoms with Gasteiger partial charge in [0, 0.05) is 41.4 Å². The quantitative estimate of drug-likeness (QED) is 0.302. The van der Waals surface area contributed by atoms with E-state index in [2.05, 4.69) is 20.6 Å². The standard InChI is InChI=1S/C31H38ClFN6O4S/c1-19(2)43-28-17-36-27(16-37-28)29(20-8-10-21(32)11-9-20)30(34)31(40)38-26-7-3-6-25(33)24(26)13-12-23-15-35-22-5-4-14-44(41,42)39(23)18-22/h3,6-11,16-17,19,22-23,29-30,35H,4-5,12-15,18,34H2,1-2H3,(H,38,40)/t22-,23+,29+,30+/m1/s1. The number of aromatic nitrogens is 2. The first-order chi connectivity index (χ1) is 21.0. The minimum atomic E-state index is -3.38. The Hall–Kier alpha value is -3.16. The molecule has 1 aromatic heterocycles. The topological polar surface area (TPSA) is 140 Å². The normalized spacial score (nSPS) is 22.5. The number of sulfonamides is 1. The van der Waals surface area contributed by atoms with Gasteiger partial charge in [0.1, 0.15) is 5.82 Å². The first kappa shape index (κ1) is 32.2. The summed E-state index contributed by atoms with van der Waals surface area (Å²) in [5.41, 5.74) is 8.32. The molecule has 44 heavy (non-hydrogen) atoms. The number of ether oxygens (including phenoxy) is 1. The Morgan fingerprint density at radius 2 is 1.98 bits per heavy atom. The minimum Gasteiger partial charge on any atom is -0.474 e. The monoisotopic (exact) mass is 644 g/mol. The third-order valence-electron chi connectivity index (χ3n) is 8.08. The number of hydrogen-bond acceptors (Lipinski definition) is 8. The van der Waals surface area contributed by atoms with Gasteiger partial charge in [-0.15, -0.1) is 0 Å². The Labute approximate surface area is 262 Å². The van der Waals surface area contributed by atoms with Crippen molar-refractivity contribution in [2.24, 2.45) is 5.73 Å². The number of carbonyl (C=O) groups is 1. The maximum atomic E-state index is 15.2. The molecule has 0 radical (unpaired) electrons. The van der Waals surface area contributed by atoms with Crippen molar-refractivity contribution in [1.29, 1.82) is 0 Å². The average molecular weight is 645 g/mol. The zero-order chi connectivity index (χ0) is 31.4. The van der Waals surface area contributed by atoms with Crippen LogP contribution in [-0.2, 0) is 21.2 Å². The smallest absolute Gasteiger partial charge is 0.242 e. The first-order valence-electron chi connectivity index (χ1n) is 14.8. The van der Waals surface area contributed by atoms with Gasteiger partial charge in [0.15, 0.2) is 0 Å². The van der Waals surface area contributed by atoms with E-state index in [1.54, 1.807) is 34.6 Å². The van der Waals surface area contributed by atoms with Crippen molar-refractivity contribution in [2.75, 3.05) is 24.2 Å². The number of carbonyl (C=O) groups excluding carboxylic acids is 1. The van der Waals surface area contributed by atoms with Crippen molar-refractivity contribution >= 4 is 33.2 Å². The molecule has 3 heterocycles. The van der Waals surface area contributed by atoms with E-state index >= 15 is 4.39 Å². The molecule has 2 saturated heterocycles. The molecule has 2 bridgehead atoms. The third-order valence-corrected chi connectivity index (χ3v) is 10.3. The SMILES string of the molecule is CC(C)Oc1cnc([C@H](c2ccc(Cl)cc2)[C@H](N)C(=O)Nc2cccc(F)c2CC[C@H]2CN[C@@H]3CCCS(=O)(=O)N2C3)cn1. The van der Waals surface area contributed by atoms with Crippen LogP contribution in [0.4, 0.5) is 10.1 Å². The average Bonchev–Trinajstić information content (AvgIpc) is 3.10. The number of rotatable bonds is 10. The molecule has 0 aliphatic carbocycles. The lowest BCUT2D eigenvalue weighted by Gasteiger charge is -2.37. The highest BCUT2D eigenvalue weighted by Crippen LogP contribution is 2.30. The van der Waals surface area contributed by atoms with Crippen molar-refractivity contribution in [2.45, 2.75) is 69.7 Å². The van der Waals surface area contributed by atoms with E-state index in [1.807, 2.05) is 13.8 Å². The summed E-state index contributed by atoms with van der Waals surface area (Å²) in [6.07, 6.45) is 4.97. The summed E-state index contributed by atoms with van der Waals surface area (Å²) in [4.78, 5) is 22.5. The molecule has 236 valence electrons. The number of nitrogens with one attached hydrogen (secondary N) is 2. The number of benzene rings is 2. The van der Waals surface area contributed by atoms with E-state index in [0.29, 0.717) is 53.7 Å². The fourth-order valence-corrected chi connectivity index (χ4v) is 7.81. The predicted molar refractivity (Wildman–Crippen MR) is 168 cm³/mol. The molecule has 2 aromatic carbocycles. The molecule has 5 atom stereocenters. The Bertz CT molecular complexity index is 1560. The molecule has 5 rings (SSSR count). The second-order valence-electron chi connectivity index (χ2n) is 11.6. The molecule has 3 aromatic rings. The third kappa shape index (κ3) is 7.55. The summed E-state index contributed by atoms with van der Waals surface area (Å²) in [6, 6.07) is 10.1. The molecule has 1 unspecified atom stereocenters. The van der Waals surface area contributed by atoms with Gasteiger partial charge in [-0.25, -0.2) is 17.8 Å². The van der Waals surface area contributed by atoms with Crippen molar-refractivity contribution in [3.05, 3.63) is 82.5 Å². The number of piperazine rings is 1. The zero-order valence-corrected chi connectivity index (χ0v) is 26.3. The second kappa shape index (κ2) is 13.9. The highest BCUT2D eigenvalue weighted by Gasteiger charge is 2.38. The van der Waals surface area contributed by atoms with E-state index in [-0.39, 0.29) is 36.0 Å². The first-order valence-corrected chi connectivity index (χ1v) is 16.8. The summed E-state index contributed by atoms with van der Waals surface area (Å²) < 4.78 is 48.2. The summed E-state index contributed by atoms with van der Waals surface area (Å²) in [5, 5.41) is 6.79. The van der Waals surface area contributed by atoms with Crippen LogP contribution >= 0.6 is 11.6 Å². The van der Waals surface area contributed by atoms with Crippen molar-refractivity contribution < 1.29 is 22.3 Å². The van der Waals surface area contributed by atoms with Gasteiger partial charge >= 0.3 is 0 Å². The van der Waals surface area contributed by atoms with E-state index in [1.165, 1.54) is 24.5 Å². The molecule has 2 aliphatic rings. The molecule has 0 saturated carbocycles.